The molecule has 9 heteroatoms. The normalized spacial score (nSPS) is 12.5. The molecule has 0 spiro atoms. The standard InChI is InChI=1S/C30H29N5O4/c36-20-21-7-3-12-24(17-21)33-30(39)32-18-27(37)35(26-14-4-9-23-10-5-15-31-29(23)26)19-28(38)34-16-6-11-22-8-1-2-13-25(22)34/h1-5,7-10,12-15,17,36H,6,11,16,18-20H2,(H2,32,33,39). The number of aromatic nitrogens is 1. The van der Waals surface area contributed by atoms with Crippen molar-refractivity contribution in [1.82, 2.24) is 10.3 Å². The number of carbonyl (C=O) groups is 3. The number of carbonyl (C=O) groups excluding carboxylic acids is 3. The van der Waals surface area contributed by atoms with E-state index in [-0.39, 0.29) is 25.6 Å². The zero-order valence-electron chi connectivity index (χ0n) is 21.3. The van der Waals surface area contributed by atoms with Gasteiger partial charge in [-0.15, -0.1) is 0 Å². The van der Waals surface area contributed by atoms with Gasteiger partial charge in [-0.3, -0.25) is 19.5 Å². The molecule has 39 heavy (non-hydrogen) atoms. The Labute approximate surface area is 226 Å². The molecule has 4 aromatic rings. The zero-order chi connectivity index (χ0) is 27.2. The number of pyridine rings is 1. The number of anilines is 3. The summed E-state index contributed by atoms with van der Waals surface area (Å²) in [5.41, 5.74) is 4.18. The lowest BCUT2D eigenvalue weighted by molar-refractivity contribution is -0.122. The molecule has 9 nitrogen and oxygen atoms in total. The number of fused-ring (bicyclic) bond motifs is 2. The van der Waals surface area contributed by atoms with Gasteiger partial charge in [-0.2, -0.15) is 0 Å². The molecule has 1 aliphatic heterocycles. The highest BCUT2D eigenvalue weighted by atomic mass is 16.3. The molecule has 198 valence electrons. The lowest BCUT2D eigenvalue weighted by Gasteiger charge is -2.32. The van der Waals surface area contributed by atoms with Crippen molar-refractivity contribution in [2.45, 2.75) is 19.4 Å². The van der Waals surface area contributed by atoms with Crippen molar-refractivity contribution in [2.24, 2.45) is 0 Å². The maximum atomic E-state index is 13.6. The molecule has 0 atom stereocenters. The predicted octanol–water partition coefficient (Wildman–Crippen LogP) is 3.86. The highest BCUT2D eigenvalue weighted by molar-refractivity contribution is 6.09. The van der Waals surface area contributed by atoms with E-state index in [1.807, 2.05) is 48.5 Å². The second-order valence-corrected chi connectivity index (χ2v) is 9.28. The van der Waals surface area contributed by atoms with Gasteiger partial charge in [0.1, 0.15) is 6.54 Å². The van der Waals surface area contributed by atoms with Crippen LogP contribution in [0, 0.1) is 0 Å². The number of hydrogen-bond donors (Lipinski definition) is 3. The summed E-state index contributed by atoms with van der Waals surface area (Å²) in [4.78, 5) is 47.3. The highest BCUT2D eigenvalue weighted by Crippen LogP contribution is 2.29. The maximum Gasteiger partial charge on any atom is 0.319 e. The smallest absolute Gasteiger partial charge is 0.319 e. The molecule has 4 amide bonds. The topological polar surface area (TPSA) is 115 Å². The van der Waals surface area contributed by atoms with Crippen LogP contribution in [-0.4, -0.2) is 47.6 Å². The van der Waals surface area contributed by atoms with E-state index >= 15 is 0 Å². The Morgan fingerprint density at radius 3 is 2.67 bits per heavy atom. The van der Waals surface area contributed by atoms with Crippen LogP contribution >= 0.6 is 0 Å². The molecule has 2 heterocycles. The van der Waals surface area contributed by atoms with Crippen molar-refractivity contribution in [3.63, 3.8) is 0 Å². The van der Waals surface area contributed by atoms with E-state index in [1.165, 1.54) is 4.90 Å². The fourth-order valence-corrected chi connectivity index (χ4v) is 4.80. The first-order valence-corrected chi connectivity index (χ1v) is 12.8. The van der Waals surface area contributed by atoms with Crippen molar-refractivity contribution in [3.8, 4) is 0 Å². The van der Waals surface area contributed by atoms with Crippen molar-refractivity contribution in [3.05, 3.63) is 96.2 Å². The number of aryl methyl sites for hydroxylation is 1. The molecule has 0 aliphatic carbocycles. The van der Waals surface area contributed by atoms with E-state index in [0.29, 0.717) is 29.0 Å². The SMILES string of the molecule is O=C(NCC(=O)N(CC(=O)N1CCCc2ccccc21)c1cccc2cccnc12)Nc1cccc(CO)c1. The van der Waals surface area contributed by atoms with Crippen LogP contribution in [0.1, 0.15) is 17.5 Å². The molecule has 0 saturated carbocycles. The number of amides is 4. The van der Waals surface area contributed by atoms with Gasteiger partial charge in [-0.05, 0) is 54.3 Å². The minimum Gasteiger partial charge on any atom is -0.392 e. The average molecular weight is 524 g/mol. The summed E-state index contributed by atoms with van der Waals surface area (Å²) in [6.45, 7) is -0.123. The van der Waals surface area contributed by atoms with Crippen LogP contribution in [-0.2, 0) is 22.6 Å². The monoisotopic (exact) mass is 523 g/mol. The summed E-state index contributed by atoms with van der Waals surface area (Å²) in [5.74, 6) is -0.667. The molecule has 0 fully saturated rings. The van der Waals surface area contributed by atoms with Crippen molar-refractivity contribution in [1.29, 1.82) is 0 Å². The van der Waals surface area contributed by atoms with E-state index < -0.39 is 11.9 Å². The Bertz CT molecular complexity index is 1520. The molecule has 1 aromatic heterocycles. The molecule has 1 aliphatic rings. The molecule has 0 bridgehead atoms. The summed E-state index contributed by atoms with van der Waals surface area (Å²) < 4.78 is 0. The van der Waals surface area contributed by atoms with Crippen LogP contribution < -0.4 is 20.4 Å². The van der Waals surface area contributed by atoms with Crippen LogP contribution in [0.15, 0.2) is 85.1 Å². The highest BCUT2D eigenvalue weighted by Gasteiger charge is 2.28. The third-order valence-electron chi connectivity index (χ3n) is 6.68. The Balaban J connectivity index is 1.37. The van der Waals surface area contributed by atoms with Crippen molar-refractivity contribution >= 4 is 45.8 Å². The Kier molecular flexibility index (Phi) is 7.79. The Morgan fingerprint density at radius 1 is 0.974 bits per heavy atom. The summed E-state index contributed by atoms with van der Waals surface area (Å²) in [7, 11) is 0. The van der Waals surface area contributed by atoms with E-state index in [9.17, 15) is 19.5 Å². The summed E-state index contributed by atoms with van der Waals surface area (Å²) in [6, 6.07) is 23.2. The van der Waals surface area contributed by atoms with Crippen LogP contribution in [0.5, 0.6) is 0 Å². The Morgan fingerprint density at radius 2 is 1.79 bits per heavy atom. The molecule has 0 unspecified atom stereocenters. The number of para-hydroxylation sites is 2. The average Bonchev–Trinajstić information content (AvgIpc) is 2.98. The van der Waals surface area contributed by atoms with Crippen LogP contribution in [0.2, 0.25) is 0 Å². The van der Waals surface area contributed by atoms with Gasteiger partial charge in [0.2, 0.25) is 11.8 Å². The van der Waals surface area contributed by atoms with Crippen molar-refractivity contribution in [2.75, 3.05) is 34.8 Å². The zero-order valence-corrected chi connectivity index (χ0v) is 21.3. The van der Waals surface area contributed by atoms with Gasteiger partial charge in [0.05, 0.1) is 24.4 Å². The molecular formula is C30H29N5O4. The van der Waals surface area contributed by atoms with E-state index in [4.69, 9.17) is 0 Å². The minimum atomic E-state index is -0.578. The molecule has 0 saturated heterocycles. The molecular weight excluding hydrogens is 494 g/mol. The summed E-state index contributed by atoms with van der Waals surface area (Å²) in [5, 5.41) is 15.4. The molecule has 5 rings (SSSR count). The number of aliphatic hydroxyl groups excluding tert-OH is 1. The van der Waals surface area contributed by atoms with Gasteiger partial charge in [0, 0.05) is 29.5 Å². The first kappa shape index (κ1) is 25.9. The fourth-order valence-electron chi connectivity index (χ4n) is 4.80. The molecule has 3 aromatic carbocycles. The van der Waals surface area contributed by atoms with Crippen molar-refractivity contribution < 1.29 is 19.5 Å². The second-order valence-electron chi connectivity index (χ2n) is 9.28. The largest absolute Gasteiger partial charge is 0.392 e. The van der Waals surface area contributed by atoms with Gasteiger partial charge in [0.15, 0.2) is 0 Å². The molecule has 0 radical (unpaired) electrons. The number of aliphatic hydroxyl groups is 1. The van der Waals surface area contributed by atoms with E-state index in [1.54, 1.807) is 41.4 Å². The van der Waals surface area contributed by atoms with Gasteiger partial charge in [-0.25, -0.2) is 4.79 Å². The first-order chi connectivity index (χ1) is 19.0. The first-order valence-electron chi connectivity index (χ1n) is 12.8. The van der Waals surface area contributed by atoms with Gasteiger partial charge in [-0.1, -0.05) is 48.5 Å². The lowest BCUT2D eigenvalue weighted by atomic mass is 10.0. The van der Waals surface area contributed by atoms with Crippen LogP contribution in [0.25, 0.3) is 10.9 Å². The Hall–Kier alpha value is -4.76. The maximum absolute atomic E-state index is 13.6. The number of urea groups is 1. The fraction of sp³-hybridized carbons (Fsp3) is 0.200. The second kappa shape index (κ2) is 11.7. The third kappa shape index (κ3) is 5.89. The third-order valence-corrected chi connectivity index (χ3v) is 6.68. The number of nitrogens with zero attached hydrogens (tertiary/aromatic N) is 3. The molecule has 3 N–H and O–H groups in total. The minimum absolute atomic E-state index is 0.154. The number of nitrogens with one attached hydrogen (secondary N) is 2. The van der Waals surface area contributed by atoms with Crippen LogP contribution in [0.4, 0.5) is 21.9 Å². The number of hydrogen-bond acceptors (Lipinski definition) is 5. The number of benzene rings is 3. The van der Waals surface area contributed by atoms with E-state index in [0.717, 1.165) is 29.5 Å². The predicted molar refractivity (Wildman–Crippen MR) is 151 cm³/mol. The van der Waals surface area contributed by atoms with Gasteiger partial charge >= 0.3 is 6.03 Å². The van der Waals surface area contributed by atoms with E-state index in [2.05, 4.69) is 15.6 Å². The van der Waals surface area contributed by atoms with Gasteiger partial charge < -0.3 is 20.6 Å². The van der Waals surface area contributed by atoms with Gasteiger partial charge in [0.25, 0.3) is 0 Å². The quantitative estimate of drug-likeness (QED) is 0.340. The lowest BCUT2D eigenvalue weighted by Crippen LogP contribution is -2.48. The van der Waals surface area contributed by atoms with Crippen LogP contribution in [0.3, 0.4) is 0 Å². The summed E-state index contributed by atoms with van der Waals surface area (Å²) in [6.07, 6.45) is 3.38. The number of rotatable bonds is 7. The summed E-state index contributed by atoms with van der Waals surface area (Å²) >= 11 is 0.